The minimum atomic E-state index is -0.678. The van der Waals surface area contributed by atoms with Gasteiger partial charge in [0.25, 0.3) is 0 Å². The number of piperidine rings is 1. The molecule has 0 radical (unpaired) electrons. The average Bonchev–Trinajstić information content (AvgIpc) is 2.48. The van der Waals surface area contributed by atoms with Crippen LogP contribution in [-0.2, 0) is 11.3 Å². The number of rotatable bonds is 6. The Bertz CT molecular complexity index is 458. The first kappa shape index (κ1) is 15.8. The second-order valence-corrected chi connectivity index (χ2v) is 6.07. The molecule has 1 aromatic rings. The van der Waals surface area contributed by atoms with Crippen LogP contribution in [0.4, 0.5) is 0 Å². The number of carboxylic acids is 1. The van der Waals surface area contributed by atoms with Gasteiger partial charge in [0.15, 0.2) is 0 Å². The van der Waals surface area contributed by atoms with E-state index in [1.807, 2.05) is 19.1 Å². The first-order valence-electron chi connectivity index (χ1n) is 7.66. The summed E-state index contributed by atoms with van der Waals surface area (Å²) < 4.78 is 5.17. The number of methoxy groups -OCH3 is 1. The van der Waals surface area contributed by atoms with Crippen molar-refractivity contribution in [2.75, 3.05) is 20.2 Å². The molecule has 1 aliphatic rings. The van der Waals surface area contributed by atoms with Gasteiger partial charge in [0.1, 0.15) is 5.75 Å². The highest BCUT2D eigenvalue weighted by atomic mass is 16.5. The predicted octanol–water partition coefficient (Wildman–Crippen LogP) is 3.02. The molecule has 4 heteroatoms. The van der Waals surface area contributed by atoms with E-state index in [0.717, 1.165) is 44.6 Å². The summed E-state index contributed by atoms with van der Waals surface area (Å²) in [5, 5.41) is 9.04. The summed E-state index contributed by atoms with van der Waals surface area (Å²) in [6, 6.07) is 8.18. The number of nitrogens with zero attached hydrogens (tertiary/aromatic N) is 1. The molecule has 1 aliphatic heterocycles. The molecule has 0 bridgehead atoms. The normalized spacial score (nSPS) is 21.0. The lowest BCUT2D eigenvalue weighted by molar-refractivity contribution is -0.141. The van der Waals surface area contributed by atoms with E-state index in [4.69, 9.17) is 9.84 Å². The van der Waals surface area contributed by atoms with E-state index >= 15 is 0 Å². The fourth-order valence-electron chi connectivity index (χ4n) is 3.08. The summed E-state index contributed by atoms with van der Waals surface area (Å²) in [7, 11) is 1.67. The van der Waals surface area contributed by atoms with E-state index in [1.165, 1.54) is 5.56 Å². The lowest BCUT2D eigenvalue weighted by Gasteiger charge is -2.33. The monoisotopic (exact) mass is 291 g/mol. The molecule has 0 aliphatic carbocycles. The van der Waals surface area contributed by atoms with Gasteiger partial charge in [-0.3, -0.25) is 9.69 Å². The summed E-state index contributed by atoms with van der Waals surface area (Å²) in [6.07, 6.45) is 3.10. The smallest absolute Gasteiger partial charge is 0.306 e. The van der Waals surface area contributed by atoms with Crippen molar-refractivity contribution >= 4 is 5.97 Å². The Hall–Kier alpha value is -1.55. The molecule has 2 atom stereocenters. The lowest BCUT2D eigenvalue weighted by Crippen LogP contribution is -2.36. The van der Waals surface area contributed by atoms with E-state index < -0.39 is 5.97 Å². The molecular formula is C17H25NO3. The SMILES string of the molecule is COc1ccc(CN2CCCC(CC(C)C(=O)O)C2)cc1. The highest BCUT2D eigenvalue weighted by Crippen LogP contribution is 2.25. The second kappa shape index (κ2) is 7.46. The molecule has 2 unspecified atom stereocenters. The fourth-order valence-corrected chi connectivity index (χ4v) is 3.08. The Morgan fingerprint density at radius 2 is 2.14 bits per heavy atom. The summed E-state index contributed by atoms with van der Waals surface area (Å²) in [6.45, 7) is 4.85. The van der Waals surface area contributed by atoms with Gasteiger partial charge in [-0.25, -0.2) is 0 Å². The Kier molecular flexibility index (Phi) is 5.62. The van der Waals surface area contributed by atoms with Crippen molar-refractivity contribution < 1.29 is 14.6 Å². The fraction of sp³-hybridized carbons (Fsp3) is 0.588. The Morgan fingerprint density at radius 3 is 2.76 bits per heavy atom. The van der Waals surface area contributed by atoms with E-state index in [1.54, 1.807) is 7.11 Å². The number of carboxylic acid groups (broad SMARTS) is 1. The van der Waals surface area contributed by atoms with Crippen LogP contribution in [0.25, 0.3) is 0 Å². The minimum Gasteiger partial charge on any atom is -0.497 e. The van der Waals surface area contributed by atoms with Crippen LogP contribution in [0.3, 0.4) is 0 Å². The number of ether oxygens (including phenoxy) is 1. The van der Waals surface area contributed by atoms with Crippen LogP contribution >= 0.6 is 0 Å². The third-order valence-electron chi connectivity index (χ3n) is 4.28. The molecule has 1 heterocycles. The van der Waals surface area contributed by atoms with Gasteiger partial charge < -0.3 is 9.84 Å². The van der Waals surface area contributed by atoms with Gasteiger partial charge in [-0.1, -0.05) is 19.1 Å². The second-order valence-electron chi connectivity index (χ2n) is 6.07. The van der Waals surface area contributed by atoms with Gasteiger partial charge in [0.2, 0.25) is 0 Å². The zero-order valence-electron chi connectivity index (χ0n) is 12.9. The number of carbonyl (C=O) groups is 1. The average molecular weight is 291 g/mol. The zero-order valence-corrected chi connectivity index (χ0v) is 12.9. The molecule has 1 saturated heterocycles. The third-order valence-corrected chi connectivity index (χ3v) is 4.28. The van der Waals surface area contributed by atoms with Crippen molar-refractivity contribution in [1.82, 2.24) is 4.90 Å². The summed E-state index contributed by atoms with van der Waals surface area (Å²) >= 11 is 0. The van der Waals surface area contributed by atoms with Gasteiger partial charge in [-0.05, 0) is 49.4 Å². The molecular weight excluding hydrogens is 266 g/mol. The highest BCUT2D eigenvalue weighted by Gasteiger charge is 2.24. The van der Waals surface area contributed by atoms with Crippen molar-refractivity contribution in [2.24, 2.45) is 11.8 Å². The van der Waals surface area contributed by atoms with E-state index in [9.17, 15) is 4.79 Å². The molecule has 1 fully saturated rings. The van der Waals surface area contributed by atoms with E-state index in [2.05, 4.69) is 17.0 Å². The molecule has 0 aromatic heterocycles. The van der Waals surface area contributed by atoms with Crippen LogP contribution in [0.5, 0.6) is 5.75 Å². The Morgan fingerprint density at radius 1 is 1.43 bits per heavy atom. The van der Waals surface area contributed by atoms with Crippen LogP contribution in [-0.4, -0.2) is 36.2 Å². The maximum absolute atomic E-state index is 11.0. The first-order valence-corrected chi connectivity index (χ1v) is 7.66. The van der Waals surface area contributed by atoms with Gasteiger partial charge in [0, 0.05) is 13.1 Å². The lowest BCUT2D eigenvalue weighted by atomic mass is 9.89. The van der Waals surface area contributed by atoms with Crippen molar-refractivity contribution in [3.63, 3.8) is 0 Å². The maximum atomic E-state index is 11.0. The van der Waals surface area contributed by atoms with Crippen LogP contribution in [0.1, 0.15) is 31.7 Å². The molecule has 1 aromatic carbocycles. The van der Waals surface area contributed by atoms with Gasteiger partial charge in [-0.2, -0.15) is 0 Å². The Labute approximate surface area is 126 Å². The highest BCUT2D eigenvalue weighted by molar-refractivity contribution is 5.69. The number of likely N-dealkylation sites (tertiary alicyclic amines) is 1. The molecule has 0 spiro atoms. The van der Waals surface area contributed by atoms with Crippen LogP contribution in [0, 0.1) is 11.8 Å². The van der Waals surface area contributed by atoms with Crippen molar-refractivity contribution in [3.05, 3.63) is 29.8 Å². The summed E-state index contributed by atoms with van der Waals surface area (Å²) in [5.74, 6) is 0.465. The van der Waals surface area contributed by atoms with Crippen molar-refractivity contribution in [2.45, 2.75) is 32.7 Å². The van der Waals surface area contributed by atoms with Gasteiger partial charge >= 0.3 is 5.97 Å². The van der Waals surface area contributed by atoms with Crippen LogP contribution in [0.15, 0.2) is 24.3 Å². The number of hydrogen-bond donors (Lipinski definition) is 1. The number of hydrogen-bond acceptors (Lipinski definition) is 3. The standard InChI is InChI=1S/C17H25NO3/c1-13(17(19)20)10-15-4-3-9-18(12-15)11-14-5-7-16(21-2)8-6-14/h5-8,13,15H,3-4,9-12H2,1-2H3,(H,19,20). The largest absolute Gasteiger partial charge is 0.497 e. The van der Waals surface area contributed by atoms with Crippen molar-refractivity contribution in [1.29, 1.82) is 0 Å². The first-order chi connectivity index (χ1) is 10.1. The molecule has 0 amide bonds. The summed E-state index contributed by atoms with van der Waals surface area (Å²) in [4.78, 5) is 13.4. The molecule has 1 N–H and O–H groups in total. The third kappa shape index (κ3) is 4.74. The number of aliphatic carboxylic acids is 1. The van der Waals surface area contributed by atoms with Gasteiger partial charge in [-0.15, -0.1) is 0 Å². The van der Waals surface area contributed by atoms with Gasteiger partial charge in [0.05, 0.1) is 13.0 Å². The quantitative estimate of drug-likeness (QED) is 0.875. The molecule has 0 saturated carbocycles. The van der Waals surface area contributed by atoms with Crippen molar-refractivity contribution in [3.8, 4) is 5.75 Å². The van der Waals surface area contributed by atoms with E-state index in [0.29, 0.717) is 5.92 Å². The predicted molar refractivity (Wildman–Crippen MR) is 82.4 cm³/mol. The maximum Gasteiger partial charge on any atom is 0.306 e. The van der Waals surface area contributed by atoms with Crippen LogP contribution < -0.4 is 4.74 Å². The summed E-state index contributed by atoms with van der Waals surface area (Å²) in [5.41, 5.74) is 1.28. The zero-order chi connectivity index (χ0) is 15.2. The molecule has 2 rings (SSSR count). The number of benzene rings is 1. The minimum absolute atomic E-state index is 0.240. The molecule has 21 heavy (non-hydrogen) atoms. The van der Waals surface area contributed by atoms with E-state index in [-0.39, 0.29) is 5.92 Å². The van der Waals surface area contributed by atoms with Crippen LogP contribution in [0.2, 0.25) is 0 Å². The Balaban J connectivity index is 1.87. The molecule has 116 valence electrons. The topological polar surface area (TPSA) is 49.8 Å². The molecule has 4 nitrogen and oxygen atoms in total.